The van der Waals surface area contributed by atoms with Crippen molar-refractivity contribution in [1.82, 2.24) is 0 Å². The molecule has 0 fully saturated rings. The fourth-order valence-corrected chi connectivity index (χ4v) is 2.74. The van der Waals surface area contributed by atoms with Gasteiger partial charge in [0.05, 0.1) is 0 Å². The first kappa shape index (κ1) is 12.3. The zero-order valence-corrected chi connectivity index (χ0v) is 11.5. The molecule has 0 N–H and O–H groups in total. The van der Waals surface area contributed by atoms with Gasteiger partial charge in [-0.25, -0.2) is 0 Å². The van der Waals surface area contributed by atoms with E-state index in [2.05, 4.69) is 43.3 Å². The quantitative estimate of drug-likeness (QED) is 0.787. The number of rotatable bonds is 4. The summed E-state index contributed by atoms with van der Waals surface area (Å²) in [5, 5.41) is 0. The molecule has 3 rings (SSSR count). The minimum Gasteiger partial charge on any atom is -0.489 e. The summed E-state index contributed by atoms with van der Waals surface area (Å²) in [5.74, 6) is 0.972. The molecule has 2 aromatic rings. The highest BCUT2D eigenvalue weighted by Crippen LogP contribution is 2.23. The zero-order valence-electron chi connectivity index (χ0n) is 11.5. The van der Waals surface area contributed by atoms with Gasteiger partial charge in [-0.3, -0.25) is 0 Å². The van der Waals surface area contributed by atoms with Crippen LogP contribution in [0.1, 0.15) is 35.6 Å². The van der Waals surface area contributed by atoms with Crippen LogP contribution in [0.3, 0.4) is 0 Å². The minimum absolute atomic E-state index is 0.667. The van der Waals surface area contributed by atoms with Crippen LogP contribution in [0.25, 0.3) is 0 Å². The highest BCUT2D eigenvalue weighted by molar-refractivity contribution is 5.35. The van der Waals surface area contributed by atoms with Crippen LogP contribution in [0, 0.1) is 0 Å². The molecule has 0 atom stereocenters. The van der Waals surface area contributed by atoms with E-state index in [9.17, 15) is 0 Å². The molecule has 0 amide bonds. The van der Waals surface area contributed by atoms with E-state index in [1.54, 1.807) is 0 Å². The Bertz CT molecular complexity index is 572. The number of hydrogen-bond donors (Lipinski definition) is 0. The molecule has 2 aromatic carbocycles. The summed E-state index contributed by atoms with van der Waals surface area (Å²) < 4.78 is 5.89. The fraction of sp³-hybridized carbons (Fsp3) is 0.333. The summed E-state index contributed by atoms with van der Waals surface area (Å²) in [5.41, 5.74) is 5.65. The first-order chi connectivity index (χ1) is 9.35. The van der Waals surface area contributed by atoms with Crippen LogP contribution in [-0.2, 0) is 25.9 Å². The van der Waals surface area contributed by atoms with E-state index in [0.717, 1.165) is 12.2 Å². The highest BCUT2D eigenvalue weighted by Gasteiger charge is 2.10. The van der Waals surface area contributed by atoms with Crippen LogP contribution in [-0.4, -0.2) is 0 Å². The smallest absolute Gasteiger partial charge is 0.120 e. The summed E-state index contributed by atoms with van der Waals surface area (Å²) in [6, 6.07) is 15.2. The molecule has 0 saturated heterocycles. The number of hydrogen-bond acceptors (Lipinski definition) is 1. The number of ether oxygens (including phenoxy) is 1. The SMILES string of the molecule is CCc1cccc(OCc2ccc3c(c2)CCC3)c1. The van der Waals surface area contributed by atoms with Gasteiger partial charge in [-0.2, -0.15) is 0 Å². The van der Waals surface area contributed by atoms with Gasteiger partial charge in [-0.05, 0) is 60.1 Å². The van der Waals surface area contributed by atoms with Crippen molar-refractivity contribution in [3.8, 4) is 5.75 Å². The fourth-order valence-electron chi connectivity index (χ4n) is 2.74. The second-order valence-electron chi connectivity index (χ2n) is 5.25. The second-order valence-corrected chi connectivity index (χ2v) is 5.25. The summed E-state index contributed by atoms with van der Waals surface area (Å²) in [7, 11) is 0. The Balaban J connectivity index is 1.68. The van der Waals surface area contributed by atoms with Crippen LogP contribution >= 0.6 is 0 Å². The molecule has 1 aliphatic carbocycles. The van der Waals surface area contributed by atoms with Gasteiger partial charge in [0.1, 0.15) is 12.4 Å². The van der Waals surface area contributed by atoms with Gasteiger partial charge in [-0.1, -0.05) is 37.3 Å². The average Bonchev–Trinajstić information content (AvgIpc) is 2.93. The van der Waals surface area contributed by atoms with Crippen LogP contribution in [0.2, 0.25) is 0 Å². The standard InChI is InChI=1S/C18H20O/c1-2-14-5-3-8-18(12-14)19-13-15-9-10-16-6-4-7-17(16)11-15/h3,5,8-12H,2,4,6-7,13H2,1H3. The molecule has 0 saturated carbocycles. The normalized spacial score (nSPS) is 13.3. The van der Waals surface area contributed by atoms with E-state index >= 15 is 0 Å². The van der Waals surface area contributed by atoms with E-state index in [1.807, 2.05) is 6.07 Å². The van der Waals surface area contributed by atoms with Gasteiger partial charge in [0.2, 0.25) is 0 Å². The van der Waals surface area contributed by atoms with Gasteiger partial charge in [0.15, 0.2) is 0 Å². The van der Waals surface area contributed by atoms with Gasteiger partial charge in [0.25, 0.3) is 0 Å². The number of aryl methyl sites for hydroxylation is 3. The van der Waals surface area contributed by atoms with Crippen molar-refractivity contribution in [2.24, 2.45) is 0 Å². The third-order valence-electron chi connectivity index (χ3n) is 3.88. The molecule has 0 aromatic heterocycles. The lowest BCUT2D eigenvalue weighted by atomic mass is 10.1. The maximum atomic E-state index is 5.89. The van der Waals surface area contributed by atoms with E-state index < -0.39 is 0 Å². The monoisotopic (exact) mass is 252 g/mol. The summed E-state index contributed by atoms with van der Waals surface area (Å²) >= 11 is 0. The molecular formula is C18H20O. The second kappa shape index (κ2) is 5.48. The van der Waals surface area contributed by atoms with E-state index in [-0.39, 0.29) is 0 Å². The first-order valence-corrected chi connectivity index (χ1v) is 7.17. The Hall–Kier alpha value is -1.76. The van der Waals surface area contributed by atoms with Gasteiger partial charge < -0.3 is 4.74 Å². The summed E-state index contributed by atoms with van der Waals surface area (Å²) in [6.07, 6.45) is 4.83. The zero-order chi connectivity index (χ0) is 13.1. The molecule has 1 nitrogen and oxygen atoms in total. The van der Waals surface area contributed by atoms with E-state index in [4.69, 9.17) is 4.74 Å². The topological polar surface area (TPSA) is 9.23 Å². The van der Waals surface area contributed by atoms with Crippen LogP contribution in [0.15, 0.2) is 42.5 Å². The predicted octanol–water partition coefficient (Wildman–Crippen LogP) is 4.32. The minimum atomic E-state index is 0.667. The first-order valence-electron chi connectivity index (χ1n) is 7.17. The molecular weight excluding hydrogens is 232 g/mol. The average molecular weight is 252 g/mol. The number of fused-ring (bicyclic) bond motifs is 1. The molecule has 98 valence electrons. The van der Waals surface area contributed by atoms with Crippen molar-refractivity contribution in [2.45, 2.75) is 39.2 Å². The predicted molar refractivity (Wildman–Crippen MR) is 78.6 cm³/mol. The molecule has 0 radical (unpaired) electrons. The van der Waals surface area contributed by atoms with Crippen LogP contribution in [0.4, 0.5) is 0 Å². The lowest BCUT2D eigenvalue weighted by molar-refractivity contribution is 0.306. The molecule has 0 spiro atoms. The van der Waals surface area contributed by atoms with E-state index in [0.29, 0.717) is 6.61 Å². The maximum Gasteiger partial charge on any atom is 0.120 e. The lowest BCUT2D eigenvalue weighted by Gasteiger charge is -2.09. The third-order valence-corrected chi connectivity index (χ3v) is 3.88. The van der Waals surface area contributed by atoms with Crippen molar-refractivity contribution < 1.29 is 4.74 Å². The van der Waals surface area contributed by atoms with Crippen LogP contribution in [0.5, 0.6) is 5.75 Å². The summed E-state index contributed by atoms with van der Waals surface area (Å²) in [4.78, 5) is 0. The molecule has 0 bridgehead atoms. The van der Waals surface area contributed by atoms with Crippen molar-refractivity contribution in [3.63, 3.8) is 0 Å². The van der Waals surface area contributed by atoms with Crippen molar-refractivity contribution in [3.05, 3.63) is 64.7 Å². The summed E-state index contributed by atoms with van der Waals surface area (Å²) in [6.45, 7) is 2.83. The lowest BCUT2D eigenvalue weighted by Crippen LogP contribution is -1.97. The van der Waals surface area contributed by atoms with Crippen molar-refractivity contribution in [2.75, 3.05) is 0 Å². The van der Waals surface area contributed by atoms with Gasteiger partial charge >= 0.3 is 0 Å². The van der Waals surface area contributed by atoms with E-state index in [1.165, 1.54) is 41.5 Å². The molecule has 1 heteroatoms. The van der Waals surface area contributed by atoms with Crippen molar-refractivity contribution >= 4 is 0 Å². The largest absolute Gasteiger partial charge is 0.489 e. The Morgan fingerprint density at radius 3 is 2.74 bits per heavy atom. The van der Waals surface area contributed by atoms with Crippen LogP contribution < -0.4 is 4.74 Å². The highest BCUT2D eigenvalue weighted by atomic mass is 16.5. The maximum absolute atomic E-state index is 5.89. The Morgan fingerprint density at radius 2 is 1.84 bits per heavy atom. The number of benzene rings is 2. The van der Waals surface area contributed by atoms with Gasteiger partial charge in [-0.15, -0.1) is 0 Å². The van der Waals surface area contributed by atoms with Gasteiger partial charge in [0, 0.05) is 0 Å². The molecule has 0 unspecified atom stereocenters. The molecule has 0 aliphatic heterocycles. The Morgan fingerprint density at radius 1 is 0.947 bits per heavy atom. The third kappa shape index (κ3) is 2.81. The Labute approximate surface area is 115 Å². The molecule has 19 heavy (non-hydrogen) atoms. The Kier molecular flexibility index (Phi) is 3.54. The molecule has 1 aliphatic rings. The van der Waals surface area contributed by atoms with Crippen molar-refractivity contribution in [1.29, 1.82) is 0 Å². The molecule has 0 heterocycles.